The van der Waals surface area contributed by atoms with Crippen LogP contribution < -0.4 is 19.7 Å². The Morgan fingerprint density at radius 2 is 1.75 bits per heavy atom. The van der Waals surface area contributed by atoms with E-state index in [1.807, 2.05) is 13.8 Å². The van der Waals surface area contributed by atoms with Gasteiger partial charge in [-0.1, -0.05) is 32.4 Å². The van der Waals surface area contributed by atoms with Gasteiger partial charge >= 0.3 is 6.01 Å². The minimum absolute atomic E-state index is 0.0106. The molecule has 2 aromatic heterocycles. The Bertz CT molecular complexity index is 1890. The van der Waals surface area contributed by atoms with Crippen LogP contribution in [0.1, 0.15) is 84.5 Å². The first-order chi connectivity index (χ1) is 25.9. The van der Waals surface area contributed by atoms with Gasteiger partial charge in [0.2, 0.25) is 5.88 Å². The zero-order valence-electron chi connectivity index (χ0n) is 31.3. The van der Waals surface area contributed by atoms with Crippen LogP contribution in [-0.4, -0.2) is 84.9 Å². The van der Waals surface area contributed by atoms with E-state index in [0.29, 0.717) is 42.3 Å². The maximum atomic E-state index is 16.9. The summed E-state index contributed by atoms with van der Waals surface area (Å²) in [6, 6.07) is 7.73. The number of halogens is 2. The topological polar surface area (TPSA) is 111 Å². The summed E-state index contributed by atoms with van der Waals surface area (Å²) in [6.45, 7) is 9.46. The Hall–Kier alpha value is -3.87. The number of phenolic OH excluding ortho intramolecular Hbond substituents is 1. The van der Waals surface area contributed by atoms with Crippen LogP contribution in [0.15, 0.2) is 30.3 Å². The molecule has 1 spiro atoms. The summed E-state index contributed by atoms with van der Waals surface area (Å²) in [7, 11) is 1.46. The van der Waals surface area contributed by atoms with E-state index in [9.17, 15) is 5.11 Å². The Balaban J connectivity index is 0.000000490. The molecule has 1 saturated carbocycles. The molecule has 2 N–H and O–H groups in total. The lowest BCUT2D eigenvalue weighted by Gasteiger charge is -2.48. The molecule has 5 fully saturated rings. The summed E-state index contributed by atoms with van der Waals surface area (Å²) in [5, 5.41) is 15.1. The van der Waals surface area contributed by atoms with E-state index in [4.69, 9.17) is 23.9 Å². The third-order valence-corrected chi connectivity index (χ3v) is 11.6. The molecule has 2 aromatic carbocycles. The maximum Gasteiger partial charge on any atom is 0.319 e. The number of aromatic nitrogens is 3. The predicted molar refractivity (Wildman–Crippen MR) is 202 cm³/mol. The van der Waals surface area contributed by atoms with E-state index in [-0.39, 0.29) is 50.8 Å². The molecular weight excluding hydrogens is 680 g/mol. The van der Waals surface area contributed by atoms with Crippen molar-refractivity contribution in [1.82, 2.24) is 20.3 Å². The van der Waals surface area contributed by atoms with Gasteiger partial charge in [0, 0.05) is 55.1 Å². The number of hydrogen-bond donors (Lipinski definition) is 2. The smallest absolute Gasteiger partial charge is 0.319 e. The van der Waals surface area contributed by atoms with E-state index < -0.39 is 11.6 Å². The molecule has 4 aromatic rings. The molecule has 3 atom stereocenters. The fraction of sp³-hybridized carbons (Fsp3) is 0.585. The number of hydrogen-bond acceptors (Lipinski definition) is 10. The van der Waals surface area contributed by atoms with Gasteiger partial charge in [-0.05, 0) is 87.9 Å². The van der Waals surface area contributed by atoms with Crippen molar-refractivity contribution in [3.05, 3.63) is 42.0 Å². The second-order valence-electron chi connectivity index (χ2n) is 14.8. The van der Waals surface area contributed by atoms with Crippen molar-refractivity contribution >= 4 is 27.5 Å². The molecular formula is C41H53F2N5O5. The highest BCUT2D eigenvalue weighted by atomic mass is 19.1. The lowest BCUT2D eigenvalue weighted by molar-refractivity contribution is -0.151. The van der Waals surface area contributed by atoms with Gasteiger partial charge in [-0.15, -0.1) is 0 Å². The number of aromatic hydroxyl groups is 1. The molecule has 5 aliphatic rings. The second-order valence-corrected chi connectivity index (χ2v) is 14.8. The highest BCUT2D eigenvalue weighted by Crippen LogP contribution is 2.46. The number of benzene rings is 2. The third-order valence-electron chi connectivity index (χ3n) is 11.6. The third kappa shape index (κ3) is 7.47. The first-order valence-electron chi connectivity index (χ1n) is 19.6. The molecule has 12 heteroatoms. The van der Waals surface area contributed by atoms with Crippen molar-refractivity contribution in [1.29, 1.82) is 0 Å². The number of phenols is 1. The number of methoxy groups -OCH3 is 1. The van der Waals surface area contributed by atoms with Crippen molar-refractivity contribution in [2.45, 2.75) is 96.1 Å². The first-order valence-corrected chi connectivity index (χ1v) is 19.6. The summed E-state index contributed by atoms with van der Waals surface area (Å²) in [5.41, 5.74) is -0.365. The number of ether oxygens (including phenoxy) is 4. The molecule has 0 bridgehead atoms. The quantitative estimate of drug-likeness (QED) is 0.202. The number of anilines is 1. The zero-order valence-corrected chi connectivity index (χ0v) is 31.3. The van der Waals surface area contributed by atoms with Crippen LogP contribution in [0.3, 0.4) is 0 Å². The number of fused-ring (bicyclic) bond motifs is 3. The van der Waals surface area contributed by atoms with Crippen LogP contribution in [0.5, 0.6) is 17.6 Å². The Labute approximate surface area is 310 Å². The lowest BCUT2D eigenvalue weighted by atomic mass is 9.76. The van der Waals surface area contributed by atoms with Crippen molar-refractivity contribution < 1.29 is 32.8 Å². The highest BCUT2D eigenvalue weighted by molar-refractivity contribution is 6.02. The molecule has 4 saturated heterocycles. The molecule has 10 nitrogen and oxygen atoms in total. The van der Waals surface area contributed by atoms with Crippen LogP contribution in [0, 0.1) is 17.0 Å². The SMILES string of the molecule is C1CCOCC1.CC.COc1nc(-c2cc(O)cc3cccc(F)c23)c(F)c2nc(OCC34CCCNC3CCC4)nc(N3CCCC4(CCO4)C3)c12. The number of rotatable bonds is 6. The van der Waals surface area contributed by atoms with E-state index in [1.165, 1.54) is 44.6 Å². The average Bonchev–Trinajstić information content (AvgIpc) is 3.62. The summed E-state index contributed by atoms with van der Waals surface area (Å²) >= 11 is 0. The molecule has 4 aliphatic heterocycles. The first kappa shape index (κ1) is 37.4. The van der Waals surface area contributed by atoms with E-state index in [0.717, 1.165) is 77.7 Å². The zero-order chi connectivity index (χ0) is 37.0. The number of nitrogens with one attached hydrogen (secondary N) is 1. The predicted octanol–water partition coefficient (Wildman–Crippen LogP) is 8.11. The van der Waals surface area contributed by atoms with Crippen LogP contribution >= 0.6 is 0 Å². The molecule has 0 radical (unpaired) electrons. The maximum absolute atomic E-state index is 16.9. The van der Waals surface area contributed by atoms with Crippen molar-refractivity contribution in [2.75, 3.05) is 58.1 Å². The number of piperidine rings is 2. The molecule has 0 amide bonds. The summed E-state index contributed by atoms with van der Waals surface area (Å²) in [6.07, 6.45) is 12.2. The highest BCUT2D eigenvalue weighted by Gasteiger charge is 2.46. The monoisotopic (exact) mass is 733 g/mol. The van der Waals surface area contributed by atoms with Crippen molar-refractivity contribution in [3.63, 3.8) is 0 Å². The van der Waals surface area contributed by atoms with E-state index in [2.05, 4.69) is 20.2 Å². The minimum Gasteiger partial charge on any atom is -0.508 e. The van der Waals surface area contributed by atoms with Crippen LogP contribution in [0.2, 0.25) is 0 Å². The molecule has 53 heavy (non-hydrogen) atoms. The largest absolute Gasteiger partial charge is 0.508 e. The summed E-state index contributed by atoms with van der Waals surface area (Å²) in [4.78, 5) is 16.2. The lowest BCUT2D eigenvalue weighted by Crippen LogP contribution is -2.56. The molecule has 6 heterocycles. The second kappa shape index (κ2) is 16.2. The summed E-state index contributed by atoms with van der Waals surface area (Å²) < 4.78 is 55.4. The Morgan fingerprint density at radius 1 is 0.943 bits per heavy atom. The molecule has 286 valence electrons. The Kier molecular flexibility index (Phi) is 11.5. The molecule has 9 rings (SSSR count). The molecule has 3 unspecified atom stereocenters. The fourth-order valence-electron chi connectivity index (χ4n) is 8.88. The normalized spacial score (nSPS) is 25.2. The van der Waals surface area contributed by atoms with E-state index >= 15 is 8.78 Å². The van der Waals surface area contributed by atoms with Crippen LogP contribution in [0.4, 0.5) is 14.6 Å². The number of nitrogens with zero attached hydrogens (tertiary/aromatic N) is 4. The number of pyridine rings is 1. The van der Waals surface area contributed by atoms with Crippen LogP contribution in [-0.2, 0) is 9.47 Å². The van der Waals surface area contributed by atoms with Gasteiger partial charge in [0.25, 0.3) is 0 Å². The average molecular weight is 734 g/mol. The summed E-state index contributed by atoms with van der Waals surface area (Å²) in [5.74, 6) is -0.871. The minimum atomic E-state index is -0.766. The van der Waals surface area contributed by atoms with Crippen molar-refractivity contribution in [2.24, 2.45) is 5.41 Å². The van der Waals surface area contributed by atoms with Gasteiger partial charge in [0.1, 0.15) is 34.0 Å². The molecule has 1 aliphatic carbocycles. The van der Waals surface area contributed by atoms with Gasteiger partial charge in [0.05, 0.1) is 25.9 Å². The standard InChI is InChI=1S/C34H37F2N5O4.C5H10O.C2H6/c1-43-31-26-29(27(36)28(38-31)22-17-21(42)16-20-6-2-7-23(35)25(20)22)39-32(44-19-33-9-3-8-24(33)37-13-4-10-33)40-30(26)41-14-5-11-34(18-41)12-15-45-34;1-2-4-6-5-3-1;1-2/h2,6-7,16-17,24,37,42H,3-5,8-15,18-19H2,1H3;1-5H2;1-2H3. The van der Waals surface area contributed by atoms with Crippen LogP contribution in [0.25, 0.3) is 32.9 Å². The van der Waals surface area contributed by atoms with Gasteiger partial charge in [-0.25, -0.2) is 13.8 Å². The van der Waals surface area contributed by atoms with Gasteiger partial charge in [0.15, 0.2) is 5.82 Å². The van der Waals surface area contributed by atoms with Gasteiger partial charge < -0.3 is 34.3 Å². The van der Waals surface area contributed by atoms with Gasteiger partial charge in [-0.3, -0.25) is 0 Å². The Morgan fingerprint density at radius 3 is 2.47 bits per heavy atom. The fourth-order valence-corrected chi connectivity index (χ4v) is 8.88. The van der Waals surface area contributed by atoms with Gasteiger partial charge in [-0.2, -0.15) is 9.97 Å². The van der Waals surface area contributed by atoms with Crippen molar-refractivity contribution in [3.8, 4) is 28.9 Å². The van der Waals surface area contributed by atoms with E-state index in [1.54, 1.807) is 12.1 Å².